The van der Waals surface area contributed by atoms with Gasteiger partial charge in [0.05, 0.1) is 6.42 Å². The number of nitrogens with one attached hydrogen (secondary N) is 3. The van der Waals surface area contributed by atoms with Gasteiger partial charge in [-0.2, -0.15) is 0 Å². The number of nitrogens with two attached hydrogens (primary N) is 1. The molecule has 2 rings (SSSR count). The van der Waals surface area contributed by atoms with Crippen LogP contribution in [0.5, 0.6) is 0 Å². The first-order valence-corrected chi connectivity index (χ1v) is 6.72. The van der Waals surface area contributed by atoms with Crippen molar-refractivity contribution in [3.05, 3.63) is 29.8 Å². The molecule has 0 saturated carbocycles. The molecule has 0 aromatic heterocycles. The molecule has 1 atom stereocenters. The van der Waals surface area contributed by atoms with E-state index in [1.165, 1.54) is 0 Å². The minimum Gasteiger partial charge on any atom is -0.370 e. The maximum absolute atomic E-state index is 12.0. The van der Waals surface area contributed by atoms with E-state index in [0.29, 0.717) is 12.1 Å². The summed E-state index contributed by atoms with van der Waals surface area (Å²) >= 11 is 0. The lowest BCUT2D eigenvalue weighted by Gasteiger charge is -2.22. The number of urea groups is 1. The number of aryl methyl sites for hydroxylation is 1. The van der Waals surface area contributed by atoms with Crippen molar-refractivity contribution < 1.29 is 19.2 Å². The SMILES string of the molecule is NC(=O)CCc1ccc(NC(=O)[C@@H]2CC(=O)NC(=O)N2)cc1. The molecule has 5 N–H and O–H groups in total. The van der Waals surface area contributed by atoms with Crippen LogP contribution < -0.4 is 21.7 Å². The van der Waals surface area contributed by atoms with E-state index >= 15 is 0 Å². The third kappa shape index (κ3) is 4.30. The number of carbonyl (C=O) groups is 4. The highest BCUT2D eigenvalue weighted by Crippen LogP contribution is 2.12. The second-order valence-electron chi connectivity index (χ2n) is 4.93. The summed E-state index contributed by atoms with van der Waals surface area (Å²) in [6.07, 6.45) is 0.686. The number of carbonyl (C=O) groups excluding carboxylic acids is 4. The fraction of sp³-hybridized carbons (Fsp3) is 0.286. The highest BCUT2D eigenvalue weighted by molar-refractivity contribution is 6.05. The first-order valence-electron chi connectivity index (χ1n) is 6.72. The van der Waals surface area contributed by atoms with Gasteiger partial charge in [0.1, 0.15) is 6.04 Å². The Balaban J connectivity index is 1.92. The molecule has 1 fully saturated rings. The predicted octanol–water partition coefficient (Wildman–Crippen LogP) is -0.359. The maximum atomic E-state index is 12.0. The molecule has 116 valence electrons. The topological polar surface area (TPSA) is 130 Å². The second-order valence-corrected chi connectivity index (χ2v) is 4.93. The third-order valence-electron chi connectivity index (χ3n) is 3.15. The average Bonchev–Trinajstić information content (AvgIpc) is 2.45. The van der Waals surface area contributed by atoms with Crippen LogP contribution in [-0.2, 0) is 20.8 Å². The Morgan fingerprint density at radius 1 is 1.23 bits per heavy atom. The molecule has 0 spiro atoms. The molecule has 1 aromatic rings. The molecule has 22 heavy (non-hydrogen) atoms. The molecule has 8 heteroatoms. The van der Waals surface area contributed by atoms with E-state index < -0.39 is 23.9 Å². The summed E-state index contributed by atoms with van der Waals surface area (Å²) in [6, 6.07) is 5.32. The molecule has 8 nitrogen and oxygen atoms in total. The number of hydrogen-bond donors (Lipinski definition) is 4. The molecular formula is C14H16N4O4. The van der Waals surface area contributed by atoms with E-state index in [4.69, 9.17) is 5.73 Å². The van der Waals surface area contributed by atoms with Gasteiger partial charge in [-0.3, -0.25) is 19.7 Å². The van der Waals surface area contributed by atoms with Crippen molar-refractivity contribution in [2.75, 3.05) is 5.32 Å². The van der Waals surface area contributed by atoms with Crippen LogP contribution in [-0.4, -0.2) is 29.8 Å². The Morgan fingerprint density at radius 3 is 2.50 bits per heavy atom. The molecule has 1 saturated heterocycles. The first-order chi connectivity index (χ1) is 10.4. The van der Waals surface area contributed by atoms with Crippen molar-refractivity contribution in [1.29, 1.82) is 0 Å². The van der Waals surface area contributed by atoms with Crippen molar-refractivity contribution in [3.63, 3.8) is 0 Å². The highest BCUT2D eigenvalue weighted by atomic mass is 16.2. The molecule has 0 radical (unpaired) electrons. The van der Waals surface area contributed by atoms with E-state index in [-0.39, 0.29) is 18.7 Å². The quantitative estimate of drug-likeness (QED) is 0.591. The van der Waals surface area contributed by atoms with Crippen LogP contribution in [0.15, 0.2) is 24.3 Å². The molecule has 0 bridgehead atoms. The van der Waals surface area contributed by atoms with Crippen LogP contribution in [0, 0.1) is 0 Å². The van der Waals surface area contributed by atoms with Gasteiger partial charge in [0.2, 0.25) is 17.7 Å². The lowest BCUT2D eigenvalue weighted by Crippen LogP contribution is -2.56. The molecule has 0 unspecified atom stereocenters. The summed E-state index contributed by atoms with van der Waals surface area (Å²) in [7, 11) is 0. The Hall–Kier alpha value is -2.90. The maximum Gasteiger partial charge on any atom is 0.322 e. The zero-order valence-electron chi connectivity index (χ0n) is 11.7. The summed E-state index contributed by atoms with van der Waals surface area (Å²) < 4.78 is 0. The van der Waals surface area contributed by atoms with Crippen molar-refractivity contribution in [2.24, 2.45) is 5.73 Å². The van der Waals surface area contributed by atoms with E-state index in [1.54, 1.807) is 24.3 Å². The summed E-state index contributed by atoms with van der Waals surface area (Å²) in [6.45, 7) is 0. The van der Waals surface area contributed by atoms with E-state index in [9.17, 15) is 19.2 Å². The standard InChI is InChI=1S/C14H16N4O4/c15-11(19)6-3-8-1-4-9(5-2-8)16-13(21)10-7-12(20)18-14(22)17-10/h1-2,4-5,10H,3,6-7H2,(H2,15,19)(H,16,21)(H2,17,18,20,22)/t10-/m0/s1. The lowest BCUT2D eigenvalue weighted by atomic mass is 10.1. The van der Waals surface area contributed by atoms with Gasteiger partial charge in [-0.25, -0.2) is 4.79 Å². The van der Waals surface area contributed by atoms with Gasteiger partial charge >= 0.3 is 6.03 Å². The van der Waals surface area contributed by atoms with Crippen LogP contribution in [0.25, 0.3) is 0 Å². The number of hydrogen-bond acceptors (Lipinski definition) is 4. The summed E-state index contributed by atoms with van der Waals surface area (Å²) in [5.41, 5.74) is 6.53. The van der Waals surface area contributed by atoms with E-state index in [0.717, 1.165) is 5.56 Å². The fourth-order valence-electron chi connectivity index (χ4n) is 2.02. The van der Waals surface area contributed by atoms with Crippen LogP contribution in [0.4, 0.5) is 10.5 Å². The molecule has 1 aliphatic rings. The van der Waals surface area contributed by atoms with Crippen molar-refractivity contribution >= 4 is 29.4 Å². The van der Waals surface area contributed by atoms with Crippen molar-refractivity contribution in [1.82, 2.24) is 10.6 Å². The normalized spacial score (nSPS) is 17.4. The van der Waals surface area contributed by atoms with Gasteiger partial charge in [-0.15, -0.1) is 0 Å². The molecule has 1 heterocycles. The van der Waals surface area contributed by atoms with Gasteiger partial charge in [0.15, 0.2) is 0 Å². The minimum atomic E-state index is -0.893. The van der Waals surface area contributed by atoms with Crippen LogP contribution in [0.1, 0.15) is 18.4 Å². The molecule has 1 aliphatic heterocycles. The van der Waals surface area contributed by atoms with Crippen LogP contribution in [0.2, 0.25) is 0 Å². The van der Waals surface area contributed by atoms with Crippen molar-refractivity contribution in [3.8, 4) is 0 Å². The van der Waals surface area contributed by atoms with Crippen molar-refractivity contribution in [2.45, 2.75) is 25.3 Å². The Morgan fingerprint density at radius 2 is 1.91 bits per heavy atom. The zero-order chi connectivity index (χ0) is 16.1. The van der Waals surface area contributed by atoms with Gasteiger partial charge in [0, 0.05) is 12.1 Å². The van der Waals surface area contributed by atoms with Gasteiger partial charge in [-0.1, -0.05) is 12.1 Å². The lowest BCUT2D eigenvalue weighted by molar-refractivity contribution is -0.126. The second kappa shape index (κ2) is 6.70. The van der Waals surface area contributed by atoms with Crippen LogP contribution in [0.3, 0.4) is 0 Å². The number of rotatable bonds is 5. The number of anilines is 1. The zero-order valence-corrected chi connectivity index (χ0v) is 11.7. The van der Waals surface area contributed by atoms with E-state index in [1.807, 2.05) is 0 Å². The molecule has 5 amide bonds. The van der Waals surface area contributed by atoms with Crippen LogP contribution >= 0.6 is 0 Å². The highest BCUT2D eigenvalue weighted by Gasteiger charge is 2.29. The number of imide groups is 1. The van der Waals surface area contributed by atoms with E-state index in [2.05, 4.69) is 16.0 Å². The monoisotopic (exact) mass is 304 g/mol. The largest absolute Gasteiger partial charge is 0.370 e. The molecular weight excluding hydrogens is 288 g/mol. The number of benzene rings is 1. The Labute approximate surface area is 126 Å². The van der Waals surface area contributed by atoms with Gasteiger partial charge in [-0.05, 0) is 24.1 Å². The van der Waals surface area contributed by atoms with Gasteiger partial charge in [0.25, 0.3) is 0 Å². The first kappa shape index (κ1) is 15.5. The smallest absolute Gasteiger partial charge is 0.322 e. The minimum absolute atomic E-state index is 0.103. The summed E-state index contributed by atoms with van der Waals surface area (Å²) in [5.74, 6) is -1.33. The molecule has 1 aromatic carbocycles. The Bertz CT molecular complexity index is 596. The third-order valence-corrected chi connectivity index (χ3v) is 3.15. The Kier molecular flexibility index (Phi) is 4.72. The molecule has 0 aliphatic carbocycles. The summed E-state index contributed by atoms with van der Waals surface area (Å²) in [5, 5.41) is 7.05. The number of amides is 5. The summed E-state index contributed by atoms with van der Waals surface area (Å²) in [4.78, 5) is 45.1. The predicted molar refractivity (Wildman–Crippen MR) is 77.7 cm³/mol. The number of primary amides is 1. The fourth-order valence-corrected chi connectivity index (χ4v) is 2.02. The van der Waals surface area contributed by atoms with Gasteiger partial charge < -0.3 is 16.4 Å². The average molecular weight is 304 g/mol.